The van der Waals surface area contributed by atoms with Gasteiger partial charge in [0.25, 0.3) is 10.0 Å². The Kier molecular flexibility index (Phi) is 5.86. The minimum absolute atomic E-state index is 0.0172. The molecule has 0 aliphatic heterocycles. The fourth-order valence-electron chi connectivity index (χ4n) is 2.59. The Hall–Kier alpha value is -3.04. The summed E-state index contributed by atoms with van der Waals surface area (Å²) in [5.74, 6) is 0.0172. The summed E-state index contributed by atoms with van der Waals surface area (Å²) in [4.78, 5) is 7.81. The predicted molar refractivity (Wildman–Crippen MR) is 115 cm³/mol. The fourth-order valence-corrected chi connectivity index (χ4v) is 3.78. The van der Waals surface area contributed by atoms with E-state index in [2.05, 4.69) is 31.4 Å². The second-order valence-corrected chi connectivity index (χ2v) is 8.25. The molecule has 0 radical (unpaired) electrons. The third-order valence-electron chi connectivity index (χ3n) is 3.69. The molecule has 0 unspecified atom stereocenters. The van der Waals surface area contributed by atoms with Gasteiger partial charge in [-0.25, -0.2) is 23.1 Å². The zero-order valence-corrected chi connectivity index (χ0v) is 16.9. The van der Waals surface area contributed by atoms with Crippen LogP contribution in [0.25, 0.3) is 0 Å². The number of thiocarbonyl (C=S) groups is 1. The van der Waals surface area contributed by atoms with Gasteiger partial charge in [0.1, 0.15) is 0 Å². The number of hydrogen-bond acceptors (Lipinski definition) is 5. The van der Waals surface area contributed by atoms with Gasteiger partial charge in [0, 0.05) is 23.8 Å². The van der Waals surface area contributed by atoms with Crippen molar-refractivity contribution in [3.8, 4) is 0 Å². The fraction of sp³-hybridized carbons (Fsp3) is 0.105. The monoisotopic (exact) mass is 413 g/mol. The normalized spacial score (nSPS) is 10.9. The molecule has 0 bridgehead atoms. The first kappa shape index (κ1) is 19.7. The molecule has 3 rings (SSSR count). The van der Waals surface area contributed by atoms with Crippen LogP contribution in [0.15, 0.2) is 65.8 Å². The minimum atomic E-state index is -3.77. The van der Waals surface area contributed by atoms with Gasteiger partial charge in [-0.3, -0.25) is 0 Å². The van der Waals surface area contributed by atoms with Crippen molar-refractivity contribution in [2.24, 2.45) is 0 Å². The lowest BCUT2D eigenvalue weighted by Gasteiger charge is -2.12. The smallest absolute Gasteiger partial charge is 0.264 e. The van der Waals surface area contributed by atoms with Gasteiger partial charge >= 0.3 is 0 Å². The molecule has 3 aromatic rings. The predicted octanol–water partition coefficient (Wildman–Crippen LogP) is 3.70. The molecular weight excluding hydrogens is 394 g/mol. The lowest BCUT2D eigenvalue weighted by molar-refractivity contribution is 0.601. The molecule has 0 fully saturated rings. The lowest BCUT2D eigenvalue weighted by atomic mass is 10.1. The number of nitrogens with one attached hydrogen (secondary N) is 3. The zero-order chi connectivity index (χ0) is 20.1. The van der Waals surface area contributed by atoms with Crippen LogP contribution in [0.4, 0.5) is 17.3 Å². The van der Waals surface area contributed by atoms with Crippen molar-refractivity contribution in [2.45, 2.75) is 18.7 Å². The number of aromatic nitrogens is 2. The van der Waals surface area contributed by atoms with Crippen LogP contribution in [0.2, 0.25) is 0 Å². The topological polar surface area (TPSA) is 96.0 Å². The lowest BCUT2D eigenvalue weighted by Crippen LogP contribution is -2.19. The third kappa shape index (κ3) is 5.24. The second-order valence-electron chi connectivity index (χ2n) is 6.16. The number of benzene rings is 2. The zero-order valence-electron chi connectivity index (χ0n) is 15.3. The second kappa shape index (κ2) is 8.32. The minimum Gasteiger partial charge on any atom is -0.332 e. The summed E-state index contributed by atoms with van der Waals surface area (Å²) in [5, 5.41) is 6.57. The number of aryl methyl sites for hydroxylation is 2. The summed E-state index contributed by atoms with van der Waals surface area (Å²) in [6.07, 6.45) is 2.92. The summed E-state index contributed by atoms with van der Waals surface area (Å²) < 4.78 is 27.1. The maximum Gasteiger partial charge on any atom is 0.264 e. The highest BCUT2D eigenvalue weighted by Gasteiger charge is 2.15. The molecule has 0 atom stereocenters. The Bertz CT molecular complexity index is 1060. The summed E-state index contributed by atoms with van der Waals surface area (Å²) in [6, 6.07) is 13.9. The van der Waals surface area contributed by atoms with Crippen LogP contribution >= 0.6 is 12.2 Å². The van der Waals surface area contributed by atoms with Crippen LogP contribution in [0.1, 0.15) is 11.1 Å². The Morgan fingerprint density at radius 1 is 0.893 bits per heavy atom. The van der Waals surface area contributed by atoms with E-state index in [0.717, 1.165) is 16.8 Å². The van der Waals surface area contributed by atoms with Gasteiger partial charge in [-0.05, 0) is 79.7 Å². The van der Waals surface area contributed by atoms with Crippen molar-refractivity contribution in [3.63, 3.8) is 0 Å². The van der Waals surface area contributed by atoms with E-state index in [1.807, 2.05) is 26.0 Å². The molecule has 1 aromatic heterocycles. The molecule has 1 heterocycles. The van der Waals surface area contributed by atoms with Gasteiger partial charge in [0.05, 0.1) is 4.90 Å². The highest BCUT2D eigenvalue weighted by molar-refractivity contribution is 7.92. The van der Waals surface area contributed by atoms with Crippen LogP contribution in [-0.2, 0) is 10.0 Å². The number of hydrogen-bond donors (Lipinski definition) is 3. The van der Waals surface area contributed by atoms with Crippen molar-refractivity contribution in [3.05, 3.63) is 72.1 Å². The molecule has 9 heteroatoms. The standard InChI is InChI=1S/C19H19N5O2S2/c1-13-10-14(2)12-16(11-13)23-19(27)22-15-4-6-17(7-5-15)28(25,26)24-18-20-8-3-9-21-18/h3-12H,1-2H3,(H,20,21,24)(H2,22,23,27). The molecule has 0 saturated carbocycles. The van der Waals surface area contributed by atoms with E-state index in [1.165, 1.54) is 24.5 Å². The van der Waals surface area contributed by atoms with E-state index in [1.54, 1.807) is 18.2 Å². The molecule has 0 spiro atoms. The SMILES string of the molecule is Cc1cc(C)cc(NC(=S)Nc2ccc(S(=O)(=O)Nc3ncccn3)cc2)c1. The van der Waals surface area contributed by atoms with E-state index < -0.39 is 10.0 Å². The van der Waals surface area contributed by atoms with E-state index in [0.29, 0.717) is 10.8 Å². The van der Waals surface area contributed by atoms with Gasteiger partial charge in [-0.15, -0.1) is 0 Å². The highest BCUT2D eigenvalue weighted by atomic mass is 32.2. The van der Waals surface area contributed by atoms with Crippen LogP contribution in [-0.4, -0.2) is 23.5 Å². The Labute approximate surface area is 169 Å². The van der Waals surface area contributed by atoms with Crippen molar-refractivity contribution in [1.82, 2.24) is 9.97 Å². The number of anilines is 3. The summed E-state index contributed by atoms with van der Waals surface area (Å²) >= 11 is 5.33. The first-order valence-electron chi connectivity index (χ1n) is 8.38. The van der Waals surface area contributed by atoms with E-state index in [4.69, 9.17) is 12.2 Å². The van der Waals surface area contributed by atoms with E-state index in [9.17, 15) is 8.42 Å². The quantitative estimate of drug-likeness (QED) is 0.549. The Balaban J connectivity index is 1.66. The first-order chi connectivity index (χ1) is 13.3. The van der Waals surface area contributed by atoms with Crippen LogP contribution in [0, 0.1) is 13.8 Å². The third-order valence-corrected chi connectivity index (χ3v) is 5.24. The molecular formula is C19H19N5O2S2. The van der Waals surface area contributed by atoms with Crippen LogP contribution < -0.4 is 15.4 Å². The molecule has 2 aromatic carbocycles. The van der Waals surface area contributed by atoms with Gasteiger partial charge < -0.3 is 10.6 Å². The first-order valence-corrected chi connectivity index (χ1v) is 10.3. The molecule has 7 nitrogen and oxygen atoms in total. The van der Waals surface area contributed by atoms with E-state index in [-0.39, 0.29) is 10.8 Å². The molecule has 0 aliphatic rings. The number of rotatable bonds is 5. The molecule has 28 heavy (non-hydrogen) atoms. The summed E-state index contributed by atoms with van der Waals surface area (Å²) in [5.41, 5.74) is 3.82. The molecule has 3 N–H and O–H groups in total. The highest BCUT2D eigenvalue weighted by Crippen LogP contribution is 2.18. The van der Waals surface area contributed by atoms with Crippen molar-refractivity contribution in [2.75, 3.05) is 15.4 Å². The largest absolute Gasteiger partial charge is 0.332 e. The number of sulfonamides is 1. The van der Waals surface area contributed by atoms with Gasteiger partial charge in [-0.2, -0.15) is 0 Å². The average Bonchev–Trinajstić information content (AvgIpc) is 2.61. The Morgan fingerprint density at radius 3 is 2.07 bits per heavy atom. The van der Waals surface area contributed by atoms with Gasteiger partial charge in [0.15, 0.2) is 5.11 Å². The van der Waals surface area contributed by atoms with Crippen molar-refractivity contribution < 1.29 is 8.42 Å². The van der Waals surface area contributed by atoms with E-state index >= 15 is 0 Å². The average molecular weight is 414 g/mol. The van der Waals surface area contributed by atoms with Gasteiger partial charge in [0.2, 0.25) is 5.95 Å². The van der Waals surface area contributed by atoms with Gasteiger partial charge in [-0.1, -0.05) is 6.07 Å². The Morgan fingerprint density at radius 2 is 1.46 bits per heavy atom. The molecule has 144 valence electrons. The van der Waals surface area contributed by atoms with Crippen LogP contribution in [0.5, 0.6) is 0 Å². The van der Waals surface area contributed by atoms with Crippen LogP contribution in [0.3, 0.4) is 0 Å². The van der Waals surface area contributed by atoms with Crippen molar-refractivity contribution >= 4 is 44.7 Å². The maximum atomic E-state index is 12.4. The van der Waals surface area contributed by atoms with Crippen molar-refractivity contribution in [1.29, 1.82) is 0 Å². The number of nitrogens with zero attached hydrogens (tertiary/aromatic N) is 2. The molecule has 0 amide bonds. The summed E-state index contributed by atoms with van der Waals surface area (Å²) in [6.45, 7) is 4.03. The molecule has 0 saturated heterocycles. The maximum absolute atomic E-state index is 12.4. The molecule has 0 aliphatic carbocycles. The summed E-state index contributed by atoms with van der Waals surface area (Å²) in [7, 11) is -3.77.